The molecule has 0 aromatic heterocycles. The topological polar surface area (TPSA) is 57.2 Å². The van der Waals surface area contributed by atoms with Crippen LogP contribution in [0.4, 0.5) is 0 Å². The van der Waals surface area contributed by atoms with Crippen LogP contribution in [-0.4, -0.2) is 64.6 Å². The quantitative estimate of drug-likeness (QED) is 0.410. The molecule has 2 aliphatic rings. The van der Waals surface area contributed by atoms with Crippen LogP contribution in [0.3, 0.4) is 0 Å². The van der Waals surface area contributed by atoms with Crippen molar-refractivity contribution in [1.29, 1.82) is 0 Å². The van der Waals surface area contributed by atoms with E-state index < -0.39 is 0 Å². The van der Waals surface area contributed by atoms with E-state index in [1.165, 1.54) is 12.8 Å². The van der Waals surface area contributed by atoms with Gasteiger partial charge in [0.2, 0.25) is 0 Å². The van der Waals surface area contributed by atoms with Crippen LogP contribution in [0.5, 0.6) is 0 Å². The lowest BCUT2D eigenvalue weighted by atomic mass is 9.95. The van der Waals surface area contributed by atoms with E-state index in [2.05, 4.69) is 12.2 Å². The Morgan fingerprint density at radius 2 is 1.38 bits per heavy atom. The number of rotatable bonds is 13. The Balaban J connectivity index is 1.29. The third-order valence-electron chi connectivity index (χ3n) is 4.10. The number of ether oxygens (including phenoxy) is 4. The Labute approximate surface area is 127 Å². The van der Waals surface area contributed by atoms with E-state index in [9.17, 15) is 0 Å². The summed E-state index contributed by atoms with van der Waals surface area (Å²) < 4.78 is 21.5. The van der Waals surface area contributed by atoms with Gasteiger partial charge in [-0.3, -0.25) is 0 Å². The maximum atomic E-state index is 8.51. The molecule has 1 N–H and O–H groups in total. The van der Waals surface area contributed by atoms with Crippen LogP contribution in [0.2, 0.25) is 0 Å². The second kappa shape index (κ2) is 10.3. The van der Waals surface area contributed by atoms with E-state index in [0.717, 1.165) is 24.4 Å². The molecular formula is C16H28O5. The smallest absolute Gasteiger partial charge is 0.0701 e. The molecule has 2 rings (SSSR count). The van der Waals surface area contributed by atoms with E-state index >= 15 is 0 Å². The third-order valence-corrected chi connectivity index (χ3v) is 4.10. The van der Waals surface area contributed by atoms with Gasteiger partial charge in [0.25, 0.3) is 0 Å². The number of aliphatic hydroxyl groups is 1. The lowest BCUT2D eigenvalue weighted by molar-refractivity contribution is -0.00989. The highest BCUT2D eigenvalue weighted by Crippen LogP contribution is 2.43. The first-order valence-corrected chi connectivity index (χ1v) is 8.00. The summed E-state index contributed by atoms with van der Waals surface area (Å²) in [6.07, 6.45) is 7.36. The van der Waals surface area contributed by atoms with Gasteiger partial charge in [-0.1, -0.05) is 12.2 Å². The highest BCUT2D eigenvalue weighted by molar-refractivity contribution is 5.09. The van der Waals surface area contributed by atoms with Gasteiger partial charge in [0.05, 0.1) is 59.5 Å². The standard InChI is InChI=1S/C16H28O5/c17-3-4-18-5-6-19-7-8-20-9-10-21-13-16-12-14-1-2-15(16)11-14/h1-2,14-17H,3-13H2/t14-,15+,16-/m0/s1. The van der Waals surface area contributed by atoms with Crippen LogP contribution >= 0.6 is 0 Å². The minimum absolute atomic E-state index is 0.0572. The summed E-state index contributed by atoms with van der Waals surface area (Å²) in [4.78, 5) is 0. The van der Waals surface area contributed by atoms with E-state index in [1.54, 1.807) is 0 Å². The van der Waals surface area contributed by atoms with Crippen LogP contribution in [0.1, 0.15) is 12.8 Å². The maximum Gasteiger partial charge on any atom is 0.0701 e. The van der Waals surface area contributed by atoms with E-state index in [1.807, 2.05) is 0 Å². The predicted molar refractivity (Wildman–Crippen MR) is 79.2 cm³/mol. The van der Waals surface area contributed by atoms with Crippen molar-refractivity contribution in [2.75, 3.05) is 59.5 Å². The van der Waals surface area contributed by atoms with Crippen LogP contribution in [0.15, 0.2) is 12.2 Å². The van der Waals surface area contributed by atoms with Gasteiger partial charge in [-0.25, -0.2) is 0 Å². The lowest BCUT2D eigenvalue weighted by Crippen LogP contribution is -2.17. The molecule has 0 unspecified atom stereocenters. The molecule has 5 nitrogen and oxygen atoms in total. The van der Waals surface area contributed by atoms with Crippen molar-refractivity contribution in [3.05, 3.63) is 12.2 Å². The summed E-state index contributed by atoms with van der Waals surface area (Å²) in [6, 6.07) is 0. The average Bonchev–Trinajstić information content (AvgIpc) is 3.11. The van der Waals surface area contributed by atoms with Gasteiger partial charge in [0, 0.05) is 0 Å². The third kappa shape index (κ3) is 6.45. The number of fused-ring (bicyclic) bond motifs is 2. The normalized spacial score (nSPS) is 26.8. The van der Waals surface area contributed by atoms with Crippen molar-refractivity contribution in [3.63, 3.8) is 0 Å². The van der Waals surface area contributed by atoms with Gasteiger partial charge in [-0.15, -0.1) is 0 Å². The summed E-state index contributed by atoms with van der Waals surface area (Å²) >= 11 is 0. The molecule has 0 amide bonds. The Morgan fingerprint density at radius 3 is 1.90 bits per heavy atom. The van der Waals surface area contributed by atoms with Crippen LogP contribution in [0.25, 0.3) is 0 Å². The summed E-state index contributed by atoms with van der Waals surface area (Å²) in [5.74, 6) is 2.30. The Morgan fingerprint density at radius 1 is 0.762 bits per heavy atom. The first kappa shape index (κ1) is 16.9. The molecule has 3 atom stereocenters. The van der Waals surface area contributed by atoms with Crippen LogP contribution < -0.4 is 0 Å². The Bertz CT molecular complexity index is 294. The summed E-state index contributed by atoms with van der Waals surface area (Å²) in [5, 5.41) is 8.51. The van der Waals surface area contributed by atoms with Crippen LogP contribution in [-0.2, 0) is 18.9 Å². The minimum atomic E-state index is 0.0572. The highest BCUT2D eigenvalue weighted by Gasteiger charge is 2.35. The fourth-order valence-corrected chi connectivity index (χ4v) is 3.05. The molecule has 0 heterocycles. The Kier molecular flexibility index (Phi) is 8.29. The molecule has 1 fully saturated rings. The summed E-state index contributed by atoms with van der Waals surface area (Å²) in [7, 11) is 0. The highest BCUT2D eigenvalue weighted by atomic mass is 16.6. The van der Waals surface area contributed by atoms with Crippen LogP contribution in [0, 0.1) is 17.8 Å². The van der Waals surface area contributed by atoms with Crippen molar-refractivity contribution >= 4 is 0 Å². The zero-order chi connectivity index (χ0) is 14.8. The number of aliphatic hydroxyl groups excluding tert-OH is 1. The molecular weight excluding hydrogens is 272 g/mol. The maximum absolute atomic E-state index is 8.51. The van der Waals surface area contributed by atoms with Crippen molar-refractivity contribution in [2.24, 2.45) is 17.8 Å². The summed E-state index contributed by atoms with van der Waals surface area (Å²) in [5.41, 5.74) is 0. The number of allylic oxidation sites excluding steroid dienone is 2. The first-order chi connectivity index (χ1) is 10.4. The monoisotopic (exact) mass is 300 g/mol. The second-order valence-electron chi connectivity index (χ2n) is 5.68. The molecule has 1 saturated carbocycles. The molecule has 2 bridgehead atoms. The van der Waals surface area contributed by atoms with Gasteiger partial charge < -0.3 is 24.1 Å². The zero-order valence-electron chi connectivity index (χ0n) is 12.7. The Hall–Kier alpha value is -0.460. The van der Waals surface area contributed by atoms with Crippen molar-refractivity contribution in [3.8, 4) is 0 Å². The number of hydrogen-bond donors (Lipinski definition) is 1. The largest absolute Gasteiger partial charge is 0.394 e. The van der Waals surface area contributed by atoms with Gasteiger partial charge in [-0.05, 0) is 30.6 Å². The van der Waals surface area contributed by atoms with Gasteiger partial charge in [0.1, 0.15) is 0 Å². The molecule has 2 aliphatic carbocycles. The van der Waals surface area contributed by atoms with Crippen molar-refractivity contribution < 1.29 is 24.1 Å². The van der Waals surface area contributed by atoms with Gasteiger partial charge in [-0.2, -0.15) is 0 Å². The van der Waals surface area contributed by atoms with Gasteiger partial charge in [0.15, 0.2) is 0 Å². The minimum Gasteiger partial charge on any atom is -0.394 e. The number of hydrogen-bond acceptors (Lipinski definition) is 5. The molecule has 0 aliphatic heterocycles. The molecule has 0 aromatic carbocycles. The van der Waals surface area contributed by atoms with E-state index in [4.69, 9.17) is 24.1 Å². The molecule has 0 saturated heterocycles. The van der Waals surface area contributed by atoms with Crippen molar-refractivity contribution in [2.45, 2.75) is 12.8 Å². The molecule has 5 heteroatoms. The lowest BCUT2D eigenvalue weighted by Gasteiger charge is -2.17. The second-order valence-corrected chi connectivity index (χ2v) is 5.68. The van der Waals surface area contributed by atoms with Gasteiger partial charge >= 0.3 is 0 Å². The fourth-order valence-electron chi connectivity index (χ4n) is 3.05. The first-order valence-electron chi connectivity index (χ1n) is 8.00. The SMILES string of the molecule is OCCOCCOCCOCCOC[C@@H]1C[C@H]2C=C[C@@H]1C2. The molecule has 0 aromatic rings. The predicted octanol–water partition coefficient (Wildman–Crippen LogP) is 1.26. The fraction of sp³-hybridized carbons (Fsp3) is 0.875. The van der Waals surface area contributed by atoms with E-state index in [0.29, 0.717) is 46.2 Å². The molecule has 0 spiro atoms. The molecule has 122 valence electrons. The molecule has 0 radical (unpaired) electrons. The molecule has 21 heavy (non-hydrogen) atoms. The van der Waals surface area contributed by atoms with Crippen molar-refractivity contribution in [1.82, 2.24) is 0 Å². The summed E-state index contributed by atoms with van der Waals surface area (Å²) in [6.45, 7) is 4.79. The zero-order valence-corrected chi connectivity index (χ0v) is 12.7. The van der Waals surface area contributed by atoms with E-state index in [-0.39, 0.29) is 6.61 Å². The average molecular weight is 300 g/mol.